The maximum Gasteiger partial charge on any atom is 0.295 e. The Bertz CT molecular complexity index is 1740. The topological polar surface area (TPSA) is 107 Å². The van der Waals surface area contributed by atoms with Crippen LogP contribution in [0.5, 0.6) is 11.5 Å². The van der Waals surface area contributed by atoms with Crippen LogP contribution in [-0.2, 0) is 6.54 Å². The minimum absolute atomic E-state index is 0.115. The van der Waals surface area contributed by atoms with E-state index >= 15 is 0 Å². The van der Waals surface area contributed by atoms with Crippen LogP contribution in [-0.4, -0.2) is 57.8 Å². The molecule has 1 saturated heterocycles. The fourth-order valence-electron chi connectivity index (χ4n) is 5.22. The van der Waals surface area contributed by atoms with Gasteiger partial charge in [-0.25, -0.2) is 14.4 Å². The number of rotatable bonds is 7. The van der Waals surface area contributed by atoms with Crippen LogP contribution in [0.15, 0.2) is 65.5 Å². The van der Waals surface area contributed by atoms with Gasteiger partial charge in [0.2, 0.25) is 11.9 Å². The van der Waals surface area contributed by atoms with Crippen molar-refractivity contribution >= 4 is 33.8 Å². The first-order chi connectivity index (χ1) is 19.4. The number of para-hydroxylation sites is 2. The Morgan fingerprint density at radius 2 is 1.68 bits per heavy atom. The number of fused-ring (bicyclic) bond motifs is 2. The molecule has 11 heteroatoms. The third-order valence-electron chi connectivity index (χ3n) is 7.35. The second-order valence-electron chi connectivity index (χ2n) is 9.80. The molecule has 206 valence electrons. The summed E-state index contributed by atoms with van der Waals surface area (Å²) in [5.74, 6) is 1.51. The molecule has 2 aromatic heterocycles. The molecule has 1 aliphatic heterocycles. The normalized spacial score (nSPS) is 14.1. The van der Waals surface area contributed by atoms with E-state index in [1.54, 1.807) is 18.2 Å². The van der Waals surface area contributed by atoms with Gasteiger partial charge in [0.25, 0.3) is 5.56 Å². The number of hydrogen-bond acceptors (Lipinski definition) is 8. The number of benzene rings is 3. The SMILES string of the molecule is COc1cc2nc(N3CCC(Nc4nc5ccccc5n4Cc4ccc(F)cc4)CC3)n(O)c(=O)c2cc1OC. The summed E-state index contributed by atoms with van der Waals surface area (Å²) in [6.07, 6.45) is 1.47. The third kappa shape index (κ3) is 4.63. The summed E-state index contributed by atoms with van der Waals surface area (Å²) in [4.78, 5) is 24.3. The molecule has 5 aromatic rings. The number of nitrogens with zero attached hydrogens (tertiary/aromatic N) is 5. The average Bonchev–Trinajstić information content (AvgIpc) is 3.32. The lowest BCUT2D eigenvalue weighted by Crippen LogP contribution is -2.42. The van der Waals surface area contributed by atoms with Crippen LogP contribution in [0, 0.1) is 5.82 Å². The Balaban J connectivity index is 1.22. The molecule has 0 saturated carbocycles. The standard InChI is InChI=1S/C29H29FN6O4/c1-39-25-15-21-23(16-26(25)40-2)33-29(36(38)27(21)37)34-13-11-20(12-14-34)31-28-32-22-5-3-4-6-24(22)35(28)17-18-7-9-19(30)10-8-18/h3-10,15-16,20,38H,11-14,17H2,1-2H3,(H,31,32). The van der Waals surface area contributed by atoms with Crippen molar-refractivity contribution < 1.29 is 19.1 Å². The summed E-state index contributed by atoms with van der Waals surface area (Å²) in [6, 6.07) is 17.7. The Hall–Kier alpha value is -4.80. The van der Waals surface area contributed by atoms with Crippen molar-refractivity contribution in [3.63, 3.8) is 0 Å². The first-order valence-electron chi connectivity index (χ1n) is 13.0. The van der Waals surface area contributed by atoms with Gasteiger partial charge in [0.05, 0.1) is 42.7 Å². The van der Waals surface area contributed by atoms with Gasteiger partial charge in [0.1, 0.15) is 5.82 Å². The Morgan fingerprint density at radius 3 is 2.40 bits per heavy atom. The van der Waals surface area contributed by atoms with E-state index in [1.165, 1.54) is 32.4 Å². The summed E-state index contributed by atoms with van der Waals surface area (Å²) in [5, 5.41) is 14.5. The Morgan fingerprint density at radius 1 is 0.975 bits per heavy atom. The first-order valence-corrected chi connectivity index (χ1v) is 13.0. The van der Waals surface area contributed by atoms with Crippen LogP contribution < -0.4 is 25.2 Å². The zero-order chi connectivity index (χ0) is 27.8. The molecular formula is C29H29FN6O4. The highest BCUT2D eigenvalue weighted by molar-refractivity contribution is 5.83. The highest BCUT2D eigenvalue weighted by Crippen LogP contribution is 2.31. The van der Waals surface area contributed by atoms with Gasteiger partial charge in [0.15, 0.2) is 11.5 Å². The maximum absolute atomic E-state index is 13.5. The van der Waals surface area contributed by atoms with Crippen molar-refractivity contribution in [3.8, 4) is 11.5 Å². The highest BCUT2D eigenvalue weighted by atomic mass is 19.1. The van der Waals surface area contributed by atoms with Crippen LogP contribution in [0.3, 0.4) is 0 Å². The van der Waals surface area contributed by atoms with Gasteiger partial charge in [-0.15, -0.1) is 4.73 Å². The van der Waals surface area contributed by atoms with E-state index in [-0.39, 0.29) is 23.2 Å². The van der Waals surface area contributed by atoms with Gasteiger partial charge in [-0.2, -0.15) is 0 Å². The number of nitrogens with one attached hydrogen (secondary N) is 1. The Labute approximate surface area is 229 Å². The Kier molecular flexibility index (Phi) is 6.63. The number of hydrogen-bond donors (Lipinski definition) is 2. The molecule has 0 bridgehead atoms. The second-order valence-corrected chi connectivity index (χ2v) is 9.80. The second kappa shape index (κ2) is 10.4. The van der Waals surface area contributed by atoms with E-state index in [0.29, 0.717) is 41.4 Å². The molecule has 3 aromatic carbocycles. The smallest absolute Gasteiger partial charge is 0.295 e. The number of halogens is 1. The van der Waals surface area contributed by atoms with E-state index in [2.05, 4.69) is 14.9 Å². The van der Waals surface area contributed by atoms with Gasteiger partial charge in [0, 0.05) is 25.2 Å². The minimum Gasteiger partial charge on any atom is -0.493 e. The molecule has 0 unspecified atom stereocenters. The van der Waals surface area contributed by atoms with Gasteiger partial charge in [-0.1, -0.05) is 24.3 Å². The van der Waals surface area contributed by atoms with E-state index in [4.69, 9.17) is 14.5 Å². The predicted molar refractivity (Wildman–Crippen MR) is 150 cm³/mol. The van der Waals surface area contributed by atoms with Crippen LogP contribution in [0.1, 0.15) is 18.4 Å². The van der Waals surface area contributed by atoms with Crippen molar-refractivity contribution in [3.05, 3.63) is 82.4 Å². The lowest BCUT2D eigenvalue weighted by Gasteiger charge is -2.33. The number of methoxy groups -OCH3 is 2. The molecule has 0 radical (unpaired) electrons. The molecule has 1 fully saturated rings. The third-order valence-corrected chi connectivity index (χ3v) is 7.35. The molecule has 1 aliphatic rings. The van der Waals surface area contributed by atoms with Crippen LogP contribution in [0.2, 0.25) is 0 Å². The number of ether oxygens (including phenoxy) is 2. The monoisotopic (exact) mass is 544 g/mol. The number of anilines is 2. The molecule has 40 heavy (non-hydrogen) atoms. The number of imidazole rings is 1. The summed E-state index contributed by atoms with van der Waals surface area (Å²) in [7, 11) is 3.00. The fourth-order valence-corrected chi connectivity index (χ4v) is 5.22. The van der Waals surface area contributed by atoms with Gasteiger partial charge in [-0.05, 0) is 48.7 Å². The number of aromatic nitrogens is 4. The van der Waals surface area contributed by atoms with E-state index in [9.17, 15) is 14.4 Å². The quantitative estimate of drug-likeness (QED) is 0.293. The fraction of sp³-hybridized carbons (Fsp3) is 0.276. The largest absolute Gasteiger partial charge is 0.493 e. The molecule has 0 atom stereocenters. The molecule has 0 aliphatic carbocycles. The molecule has 0 spiro atoms. The molecule has 0 amide bonds. The van der Waals surface area contributed by atoms with Gasteiger partial charge in [-0.3, -0.25) is 4.79 Å². The van der Waals surface area contributed by atoms with Crippen molar-refractivity contribution in [2.45, 2.75) is 25.4 Å². The maximum atomic E-state index is 13.5. The molecule has 6 rings (SSSR count). The van der Waals surface area contributed by atoms with Crippen LogP contribution in [0.25, 0.3) is 21.9 Å². The summed E-state index contributed by atoms with van der Waals surface area (Å²) in [6.45, 7) is 1.69. The van der Waals surface area contributed by atoms with E-state index in [0.717, 1.165) is 35.4 Å². The summed E-state index contributed by atoms with van der Waals surface area (Å²) < 4.78 is 26.8. The van der Waals surface area contributed by atoms with Crippen molar-refractivity contribution in [2.75, 3.05) is 37.5 Å². The molecule has 3 heterocycles. The van der Waals surface area contributed by atoms with E-state index in [1.807, 2.05) is 29.2 Å². The zero-order valence-electron chi connectivity index (χ0n) is 22.2. The lowest BCUT2D eigenvalue weighted by atomic mass is 10.1. The van der Waals surface area contributed by atoms with E-state index < -0.39 is 5.56 Å². The van der Waals surface area contributed by atoms with Gasteiger partial charge >= 0.3 is 0 Å². The van der Waals surface area contributed by atoms with Gasteiger partial charge < -0.3 is 29.5 Å². The van der Waals surface area contributed by atoms with Crippen LogP contribution >= 0.6 is 0 Å². The minimum atomic E-state index is -0.573. The summed E-state index contributed by atoms with van der Waals surface area (Å²) >= 11 is 0. The zero-order valence-corrected chi connectivity index (χ0v) is 22.2. The number of piperidine rings is 1. The van der Waals surface area contributed by atoms with Crippen molar-refractivity contribution in [2.24, 2.45) is 0 Å². The molecule has 2 N–H and O–H groups in total. The molecular weight excluding hydrogens is 515 g/mol. The van der Waals surface area contributed by atoms with Crippen LogP contribution in [0.4, 0.5) is 16.3 Å². The predicted octanol–water partition coefficient (Wildman–Crippen LogP) is 4.27. The lowest BCUT2D eigenvalue weighted by molar-refractivity contribution is 0.175. The highest BCUT2D eigenvalue weighted by Gasteiger charge is 2.25. The van der Waals surface area contributed by atoms with Crippen molar-refractivity contribution in [1.29, 1.82) is 0 Å². The molecule has 10 nitrogen and oxygen atoms in total. The average molecular weight is 545 g/mol. The van der Waals surface area contributed by atoms with Crippen molar-refractivity contribution in [1.82, 2.24) is 19.3 Å². The summed E-state index contributed by atoms with van der Waals surface area (Å²) in [5.41, 5.74) is 2.68. The first kappa shape index (κ1) is 25.5.